The van der Waals surface area contributed by atoms with Crippen molar-refractivity contribution in [3.8, 4) is 17.0 Å². The van der Waals surface area contributed by atoms with E-state index in [2.05, 4.69) is 21.9 Å². The van der Waals surface area contributed by atoms with Crippen molar-refractivity contribution in [2.24, 2.45) is 0 Å². The monoisotopic (exact) mass is 333 g/mol. The zero-order valence-electron chi connectivity index (χ0n) is 11.1. The van der Waals surface area contributed by atoms with E-state index in [1.807, 2.05) is 12.1 Å². The van der Waals surface area contributed by atoms with Gasteiger partial charge in [-0.05, 0) is 36.2 Å². The summed E-state index contributed by atoms with van der Waals surface area (Å²) >= 11 is 0. The van der Waals surface area contributed by atoms with Gasteiger partial charge in [-0.2, -0.15) is 0 Å². The average Bonchev–Trinajstić information content (AvgIpc) is 2.79. The van der Waals surface area contributed by atoms with Gasteiger partial charge in [0.15, 0.2) is 5.65 Å². The topological polar surface area (TPSA) is 61.8 Å². The summed E-state index contributed by atoms with van der Waals surface area (Å²) in [4.78, 5) is 12.1. The van der Waals surface area contributed by atoms with Gasteiger partial charge in [0.1, 0.15) is 11.3 Å². The number of aryl methyl sites for hydroxylation is 1. The van der Waals surface area contributed by atoms with Crippen molar-refractivity contribution in [2.75, 3.05) is 0 Å². The van der Waals surface area contributed by atoms with Crippen LogP contribution >= 0.6 is 17.0 Å². The number of halogens is 1. The highest BCUT2D eigenvalue weighted by molar-refractivity contribution is 8.93. The molecular formula is C15H16BrN3O. The normalized spacial score (nSPS) is 10.4. The number of nitrogens with zero attached hydrogens (tertiary/aromatic N) is 2. The van der Waals surface area contributed by atoms with E-state index in [-0.39, 0.29) is 22.7 Å². The van der Waals surface area contributed by atoms with Gasteiger partial charge < -0.3 is 10.1 Å². The Morgan fingerprint density at radius 3 is 2.50 bits per heavy atom. The summed E-state index contributed by atoms with van der Waals surface area (Å²) in [5.41, 5.74) is 5.03. The first kappa shape index (κ1) is 14.5. The molecule has 5 heteroatoms. The fourth-order valence-corrected chi connectivity index (χ4v) is 2.33. The quantitative estimate of drug-likeness (QED) is 0.764. The van der Waals surface area contributed by atoms with E-state index >= 15 is 0 Å². The second kappa shape index (κ2) is 6.05. The number of benzene rings is 1. The first-order valence-corrected chi connectivity index (χ1v) is 6.40. The van der Waals surface area contributed by atoms with Crippen LogP contribution in [-0.4, -0.2) is 20.1 Å². The van der Waals surface area contributed by atoms with E-state index in [1.54, 1.807) is 24.5 Å². The van der Waals surface area contributed by atoms with E-state index in [0.29, 0.717) is 0 Å². The molecule has 0 saturated carbocycles. The summed E-state index contributed by atoms with van der Waals surface area (Å²) in [6, 6.07) is 7.19. The number of aromatic nitrogens is 3. The number of fused-ring (bicyclic) bond motifs is 1. The highest BCUT2D eigenvalue weighted by Crippen LogP contribution is 2.30. The molecule has 0 amide bonds. The molecular weight excluding hydrogens is 318 g/mol. The molecule has 0 bridgehead atoms. The number of aromatic amines is 1. The zero-order chi connectivity index (χ0) is 13.2. The maximum atomic E-state index is 9.38. The largest absolute Gasteiger partial charge is 0.508 e. The van der Waals surface area contributed by atoms with Crippen molar-refractivity contribution in [1.82, 2.24) is 15.0 Å². The second-order valence-electron chi connectivity index (χ2n) is 4.53. The van der Waals surface area contributed by atoms with Gasteiger partial charge in [0.25, 0.3) is 0 Å². The van der Waals surface area contributed by atoms with E-state index in [0.717, 1.165) is 35.3 Å². The Morgan fingerprint density at radius 2 is 1.80 bits per heavy atom. The first-order valence-electron chi connectivity index (χ1n) is 6.40. The smallest absolute Gasteiger partial charge is 0.156 e. The lowest BCUT2D eigenvalue weighted by molar-refractivity contribution is 0.475. The highest BCUT2D eigenvalue weighted by Gasteiger charge is 2.13. The lowest BCUT2D eigenvalue weighted by Crippen LogP contribution is -1.87. The van der Waals surface area contributed by atoms with Gasteiger partial charge in [-0.15, -0.1) is 17.0 Å². The minimum Gasteiger partial charge on any atom is -0.508 e. The molecule has 0 aliphatic rings. The van der Waals surface area contributed by atoms with Gasteiger partial charge in [-0.3, -0.25) is 4.98 Å². The molecule has 104 valence electrons. The van der Waals surface area contributed by atoms with Crippen LogP contribution in [0.15, 0.2) is 36.7 Å². The third kappa shape index (κ3) is 2.54. The molecule has 20 heavy (non-hydrogen) atoms. The van der Waals surface area contributed by atoms with Crippen LogP contribution in [0, 0.1) is 0 Å². The van der Waals surface area contributed by atoms with E-state index < -0.39 is 0 Å². The number of hydrogen-bond acceptors (Lipinski definition) is 3. The van der Waals surface area contributed by atoms with Crippen molar-refractivity contribution >= 4 is 28.1 Å². The molecule has 0 unspecified atom stereocenters. The number of rotatable bonds is 3. The van der Waals surface area contributed by atoms with Gasteiger partial charge in [-0.25, -0.2) is 4.98 Å². The Bertz CT molecular complexity index is 707. The van der Waals surface area contributed by atoms with Crippen molar-refractivity contribution < 1.29 is 5.11 Å². The Hall–Kier alpha value is -1.88. The molecule has 3 aromatic rings. The van der Waals surface area contributed by atoms with E-state index in [1.165, 1.54) is 5.56 Å². The van der Waals surface area contributed by atoms with Gasteiger partial charge in [-0.1, -0.05) is 13.3 Å². The summed E-state index contributed by atoms with van der Waals surface area (Å²) in [6.45, 7) is 2.15. The Morgan fingerprint density at radius 1 is 1.10 bits per heavy atom. The predicted molar refractivity (Wildman–Crippen MR) is 85.3 cm³/mol. The Balaban J connectivity index is 0.00000147. The molecule has 4 nitrogen and oxygen atoms in total. The number of hydrogen-bond donors (Lipinski definition) is 2. The molecule has 0 spiro atoms. The fourth-order valence-electron chi connectivity index (χ4n) is 2.33. The van der Waals surface area contributed by atoms with Crippen LogP contribution < -0.4 is 0 Å². The van der Waals surface area contributed by atoms with Crippen LogP contribution in [0.4, 0.5) is 0 Å². The maximum absolute atomic E-state index is 9.38. The molecule has 0 radical (unpaired) electrons. The van der Waals surface area contributed by atoms with Crippen molar-refractivity contribution in [3.63, 3.8) is 0 Å². The molecule has 0 fully saturated rings. The highest BCUT2D eigenvalue weighted by atomic mass is 79.9. The third-order valence-corrected chi connectivity index (χ3v) is 3.19. The molecule has 0 aliphatic carbocycles. The van der Waals surface area contributed by atoms with Crippen LogP contribution in [0.2, 0.25) is 0 Å². The minimum atomic E-state index is 0. The minimum absolute atomic E-state index is 0. The van der Waals surface area contributed by atoms with Crippen LogP contribution in [-0.2, 0) is 6.42 Å². The lowest BCUT2D eigenvalue weighted by Gasteiger charge is -2.03. The standard InChI is InChI=1S/C15H15N3O.BrH/c1-2-3-12-13(10-4-6-11(19)7-5-10)18-15-14(12)16-8-9-17-15;/h4-9,19H,2-3H2,1H3,(H,17,18);1H. The maximum Gasteiger partial charge on any atom is 0.156 e. The second-order valence-corrected chi connectivity index (χ2v) is 4.53. The predicted octanol–water partition coefficient (Wildman–Crippen LogP) is 3.86. The average molecular weight is 334 g/mol. The summed E-state index contributed by atoms with van der Waals surface area (Å²) in [6.07, 6.45) is 5.41. The van der Waals surface area contributed by atoms with Gasteiger partial charge in [0.05, 0.1) is 5.69 Å². The Kier molecular flexibility index (Phi) is 4.39. The number of phenolic OH excluding ortho intramolecular Hbond substituents is 1. The third-order valence-electron chi connectivity index (χ3n) is 3.19. The number of aromatic hydroxyl groups is 1. The van der Waals surface area contributed by atoms with Gasteiger partial charge in [0.2, 0.25) is 0 Å². The van der Waals surface area contributed by atoms with Gasteiger partial charge in [0, 0.05) is 18.0 Å². The molecule has 2 heterocycles. The summed E-state index contributed by atoms with van der Waals surface area (Å²) in [5.74, 6) is 0.271. The van der Waals surface area contributed by atoms with Crippen LogP contribution in [0.1, 0.15) is 18.9 Å². The molecule has 2 aromatic heterocycles. The summed E-state index contributed by atoms with van der Waals surface area (Å²) in [5, 5.41) is 9.38. The number of H-pyrrole nitrogens is 1. The number of nitrogens with one attached hydrogen (secondary N) is 1. The van der Waals surface area contributed by atoms with Gasteiger partial charge >= 0.3 is 0 Å². The molecule has 0 aliphatic heterocycles. The lowest BCUT2D eigenvalue weighted by atomic mass is 10.0. The van der Waals surface area contributed by atoms with Crippen molar-refractivity contribution in [3.05, 3.63) is 42.2 Å². The van der Waals surface area contributed by atoms with Crippen LogP contribution in [0.5, 0.6) is 5.75 Å². The molecule has 2 N–H and O–H groups in total. The summed E-state index contributed by atoms with van der Waals surface area (Å²) < 4.78 is 0. The van der Waals surface area contributed by atoms with Crippen molar-refractivity contribution in [2.45, 2.75) is 19.8 Å². The number of phenols is 1. The molecule has 3 rings (SSSR count). The SMILES string of the molecule is Br.CCCc1c(-c2ccc(O)cc2)[nH]c2nccnc12. The Labute approximate surface area is 127 Å². The molecule has 1 aromatic carbocycles. The van der Waals surface area contributed by atoms with Crippen LogP contribution in [0.3, 0.4) is 0 Å². The van der Waals surface area contributed by atoms with E-state index in [4.69, 9.17) is 0 Å². The first-order chi connectivity index (χ1) is 9.29. The summed E-state index contributed by atoms with van der Waals surface area (Å²) in [7, 11) is 0. The van der Waals surface area contributed by atoms with Crippen LogP contribution in [0.25, 0.3) is 22.4 Å². The fraction of sp³-hybridized carbons (Fsp3) is 0.200. The molecule has 0 saturated heterocycles. The van der Waals surface area contributed by atoms with E-state index in [9.17, 15) is 5.11 Å². The molecule has 0 atom stereocenters. The van der Waals surface area contributed by atoms with Crippen molar-refractivity contribution in [1.29, 1.82) is 0 Å². The zero-order valence-corrected chi connectivity index (χ0v) is 12.8.